The number of hydrogen-bond acceptors (Lipinski definition) is 3. The van der Waals surface area contributed by atoms with Crippen LogP contribution in [0, 0.1) is 6.92 Å². The van der Waals surface area contributed by atoms with E-state index in [4.69, 9.17) is 0 Å². The van der Waals surface area contributed by atoms with Gasteiger partial charge in [0.15, 0.2) is 0 Å². The van der Waals surface area contributed by atoms with Gasteiger partial charge in [-0.1, -0.05) is 36.8 Å². The van der Waals surface area contributed by atoms with Crippen molar-refractivity contribution >= 4 is 6.21 Å². The summed E-state index contributed by atoms with van der Waals surface area (Å²) in [6, 6.07) is 8.37. The molecule has 0 spiro atoms. The Morgan fingerprint density at radius 3 is 2.43 bits per heavy atom. The number of nitrogens with zero attached hydrogens (tertiary/aromatic N) is 3. The van der Waals surface area contributed by atoms with Gasteiger partial charge < -0.3 is 0 Å². The minimum atomic E-state index is -0.312. The lowest BCUT2D eigenvalue weighted by Gasteiger charge is -2.19. The molecule has 0 radical (unpaired) electrons. The molecule has 3 heteroatoms. The minimum Gasteiger partial charge on any atom is -0.151 e. The molecule has 1 heterocycles. The predicted molar refractivity (Wildman–Crippen MR) is 56.5 cm³/mol. The van der Waals surface area contributed by atoms with Crippen molar-refractivity contribution in [1.29, 1.82) is 0 Å². The topological polar surface area (TPSA) is 37.1 Å². The van der Waals surface area contributed by atoms with Crippen LogP contribution in [0.3, 0.4) is 0 Å². The Balaban J connectivity index is 2.42. The first-order chi connectivity index (χ1) is 6.77. The molecule has 0 aliphatic carbocycles. The number of rotatable bonds is 2. The van der Waals surface area contributed by atoms with Crippen molar-refractivity contribution in [2.45, 2.75) is 25.8 Å². The maximum atomic E-state index is 4.19. The molecule has 0 saturated heterocycles. The van der Waals surface area contributed by atoms with E-state index in [-0.39, 0.29) is 5.54 Å². The summed E-state index contributed by atoms with van der Waals surface area (Å²) >= 11 is 0. The maximum Gasteiger partial charge on any atom is 0.145 e. The van der Waals surface area contributed by atoms with E-state index in [1.54, 1.807) is 0 Å². The van der Waals surface area contributed by atoms with E-state index in [0.717, 1.165) is 12.0 Å². The molecule has 1 atom stereocenters. The first-order valence-corrected chi connectivity index (χ1v) is 4.80. The molecule has 0 N–H and O–H groups in total. The third-order valence-electron chi connectivity index (χ3n) is 2.64. The van der Waals surface area contributed by atoms with Gasteiger partial charge in [0.25, 0.3) is 0 Å². The Morgan fingerprint density at radius 1 is 1.21 bits per heavy atom. The van der Waals surface area contributed by atoms with Crippen LogP contribution < -0.4 is 0 Å². The van der Waals surface area contributed by atoms with E-state index < -0.39 is 0 Å². The molecule has 3 nitrogen and oxygen atoms in total. The number of aryl methyl sites for hydroxylation is 1. The Labute approximate surface area is 83.6 Å². The molecule has 1 aliphatic rings. The average molecular weight is 187 g/mol. The van der Waals surface area contributed by atoms with Crippen LogP contribution in [0.2, 0.25) is 0 Å². The van der Waals surface area contributed by atoms with Crippen LogP contribution >= 0.6 is 0 Å². The zero-order valence-corrected chi connectivity index (χ0v) is 8.44. The van der Waals surface area contributed by atoms with Gasteiger partial charge in [0.05, 0.1) is 6.21 Å². The van der Waals surface area contributed by atoms with Crippen molar-refractivity contribution in [3.8, 4) is 0 Å². The highest BCUT2D eigenvalue weighted by Crippen LogP contribution is 2.31. The fourth-order valence-corrected chi connectivity index (χ4v) is 1.59. The summed E-state index contributed by atoms with van der Waals surface area (Å²) in [5, 5.41) is 11.7. The molecular weight excluding hydrogens is 174 g/mol. The first kappa shape index (κ1) is 9.06. The predicted octanol–water partition coefficient (Wildman–Crippen LogP) is 3.05. The summed E-state index contributed by atoms with van der Waals surface area (Å²) in [7, 11) is 0. The highest BCUT2D eigenvalue weighted by molar-refractivity contribution is 5.74. The minimum absolute atomic E-state index is 0.312. The summed E-state index contributed by atoms with van der Waals surface area (Å²) < 4.78 is 0. The highest BCUT2D eigenvalue weighted by atomic mass is 15.4. The van der Waals surface area contributed by atoms with Crippen molar-refractivity contribution in [2.24, 2.45) is 15.4 Å². The van der Waals surface area contributed by atoms with E-state index in [0.29, 0.717) is 0 Å². The molecule has 1 aromatic carbocycles. The van der Waals surface area contributed by atoms with Crippen molar-refractivity contribution in [2.75, 3.05) is 0 Å². The van der Waals surface area contributed by atoms with Gasteiger partial charge in [-0.2, -0.15) is 5.11 Å². The van der Waals surface area contributed by atoms with Gasteiger partial charge in [-0.15, -0.1) is 5.10 Å². The molecule has 2 rings (SSSR count). The Kier molecular flexibility index (Phi) is 2.15. The number of benzene rings is 1. The molecule has 1 unspecified atom stereocenters. The van der Waals surface area contributed by atoms with E-state index in [9.17, 15) is 0 Å². The maximum absolute atomic E-state index is 4.19. The lowest BCUT2D eigenvalue weighted by Crippen LogP contribution is -2.21. The second-order valence-corrected chi connectivity index (χ2v) is 3.58. The molecule has 0 aromatic heterocycles. The van der Waals surface area contributed by atoms with Crippen LogP contribution in [0.4, 0.5) is 0 Å². The first-order valence-electron chi connectivity index (χ1n) is 4.80. The standard InChI is InChI=1S/C11H13N3/c1-3-11(8-12-14-13-11)10-6-4-9(2)5-7-10/h4-8H,3H2,1-2H3. The zero-order chi connectivity index (χ0) is 10.0. The van der Waals surface area contributed by atoms with Crippen LogP contribution in [0.1, 0.15) is 24.5 Å². The quantitative estimate of drug-likeness (QED) is 0.682. The second-order valence-electron chi connectivity index (χ2n) is 3.58. The molecule has 0 bridgehead atoms. The van der Waals surface area contributed by atoms with Gasteiger partial charge in [0.1, 0.15) is 5.54 Å². The normalized spacial score (nSPS) is 24.4. The Bertz CT molecular complexity index is 364. The van der Waals surface area contributed by atoms with Gasteiger partial charge in [0.2, 0.25) is 0 Å². The van der Waals surface area contributed by atoms with Gasteiger partial charge in [-0.05, 0) is 24.1 Å². The lowest BCUT2D eigenvalue weighted by atomic mass is 9.89. The summed E-state index contributed by atoms with van der Waals surface area (Å²) in [4.78, 5) is 0. The molecule has 72 valence electrons. The van der Waals surface area contributed by atoms with Crippen LogP contribution in [0.25, 0.3) is 0 Å². The van der Waals surface area contributed by atoms with E-state index in [2.05, 4.69) is 53.6 Å². The molecule has 1 aliphatic heterocycles. The molecule has 1 aromatic rings. The molecule has 14 heavy (non-hydrogen) atoms. The molecule has 0 amide bonds. The number of hydrogen-bond donors (Lipinski definition) is 0. The molecular formula is C11H13N3. The summed E-state index contributed by atoms with van der Waals surface area (Å²) in [5.74, 6) is 0. The van der Waals surface area contributed by atoms with Crippen LogP contribution in [-0.2, 0) is 5.54 Å². The fraction of sp³-hybridized carbons (Fsp3) is 0.364. The van der Waals surface area contributed by atoms with E-state index >= 15 is 0 Å². The van der Waals surface area contributed by atoms with Crippen LogP contribution in [-0.4, -0.2) is 6.21 Å². The van der Waals surface area contributed by atoms with Gasteiger partial charge in [-0.3, -0.25) is 0 Å². The average Bonchev–Trinajstić information content (AvgIpc) is 2.68. The summed E-state index contributed by atoms with van der Waals surface area (Å²) in [6.45, 7) is 4.17. The van der Waals surface area contributed by atoms with Crippen molar-refractivity contribution in [3.05, 3.63) is 35.4 Å². The second kappa shape index (κ2) is 3.33. The SMILES string of the molecule is CCC1(c2ccc(C)cc2)C=NN=N1. The van der Waals surface area contributed by atoms with Gasteiger partial charge in [-0.25, -0.2) is 0 Å². The fourth-order valence-electron chi connectivity index (χ4n) is 1.59. The lowest BCUT2D eigenvalue weighted by molar-refractivity contribution is 0.581. The monoisotopic (exact) mass is 187 g/mol. The van der Waals surface area contributed by atoms with Crippen molar-refractivity contribution < 1.29 is 0 Å². The Hall–Kier alpha value is -1.51. The summed E-state index contributed by atoms with van der Waals surface area (Å²) in [5.41, 5.74) is 2.11. The smallest absolute Gasteiger partial charge is 0.145 e. The van der Waals surface area contributed by atoms with Crippen molar-refractivity contribution in [3.63, 3.8) is 0 Å². The van der Waals surface area contributed by atoms with Crippen LogP contribution in [0.5, 0.6) is 0 Å². The van der Waals surface area contributed by atoms with Crippen LogP contribution in [0.15, 0.2) is 39.7 Å². The van der Waals surface area contributed by atoms with E-state index in [1.165, 1.54) is 5.56 Å². The largest absolute Gasteiger partial charge is 0.151 e. The zero-order valence-electron chi connectivity index (χ0n) is 8.44. The molecule has 0 fully saturated rings. The highest BCUT2D eigenvalue weighted by Gasteiger charge is 2.30. The summed E-state index contributed by atoms with van der Waals surface area (Å²) in [6.07, 6.45) is 2.71. The Morgan fingerprint density at radius 2 is 1.93 bits per heavy atom. The van der Waals surface area contributed by atoms with Gasteiger partial charge >= 0.3 is 0 Å². The third kappa shape index (κ3) is 1.35. The van der Waals surface area contributed by atoms with Gasteiger partial charge in [0, 0.05) is 0 Å². The van der Waals surface area contributed by atoms with Crippen molar-refractivity contribution in [1.82, 2.24) is 0 Å². The molecule has 0 saturated carbocycles. The van der Waals surface area contributed by atoms with E-state index in [1.807, 2.05) is 6.21 Å². The third-order valence-corrected chi connectivity index (χ3v) is 2.64.